The largest absolute Gasteiger partial charge is 0.491 e. The van der Waals surface area contributed by atoms with Crippen LogP contribution in [0.5, 0.6) is 5.75 Å². The number of aromatic nitrogens is 1. The number of aliphatic hydroxyl groups is 1. The highest BCUT2D eigenvalue weighted by Gasteiger charge is 2.21. The minimum absolute atomic E-state index is 0.122. The number of fused-ring (bicyclic) bond motifs is 1. The maximum absolute atomic E-state index is 13.0. The fourth-order valence-corrected chi connectivity index (χ4v) is 3.69. The molecule has 1 atom stereocenters. The lowest BCUT2D eigenvalue weighted by atomic mass is 10.1. The normalized spacial score (nSPS) is 13.5. The number of benzene rings is 2. The van der Waals surface area contributed by atoms with Gasteiger partial charge in [0, 0.05) is 18.7 Å². The van der Waals surface area contributed by atoms with Crippen LogP contribution in [-0.2, 0) is 6.54 Å². The molecule has 0 aliphatic carbocycles. The monoisotopic (exact) mass is 412 g/mol. The van der Waals surface area contributed by atoms with Gasteiger partial charge in [-0.15, -0.1) is 11.3 Å². The SMILES string of the molecule is C[C@@](O)(CNCc1ccc(F)cc1)COc1cccc(-c2onc3sccc23)c1. The molecule has 0 bridgehead atoms. The van der Waals surface area contributed by atoms with Crippen molar-refractivity contribution >= 4 is 21.6 Å². The zero-order valence-corrected chi connectivity index (χ0v) is 16.7. The molecule has 0 spiro atoms. The van der Waals surface area contributed by atoms with E-state index in [9.17, 15) is 9.50 Å². The lowest BCUT2D eigenvalue weighted by Crippen LogP contribution is -2.42. The smallest absolute Gasteiger partial charge is 0.175 e. The number of thiophene rings is 1. The zero-order chi connectivity index (χ0) is 20.3. The number of hydrogen-bond donors (Lipinski definition) is 2. The molecule has 2 aromatic carbocycles. The number of halogens is 1. The highest BCUT2D eigenvalue weighted by atomic mass is 32.1. The molecule has 2 heterocycles. The van der Waals surface area contributed by atoms with E-state index < -0.39 is 5.60 Å². The minimum Gasteiger partial charge on any atom is -0.491 e. The van der Waals surface area contributed by atoms with Gasteiger partial charge in [0.1, 0.15) is 23.8 Å². The number of nitrogens with zero attached hydrogens (tertiary/aromatic N) is 1. The Hall–Kier alpha value is -2.74. The average molecular weight is 412 g/mol. The first-order chi connectivity index (χ1) is 14.0. The molecule has 150 valence electrons. The lowest BCUT2D eigenvalue weighted by Gasteiger charge is -2.24. The Morgan fingerprint density at radius 1 is 1.21 bits per heavy atom. The minimum atomic E-state index is -1.07. The van der Waals surface area contributed by atoms with Gasteiger partial charge in [0.25, 0.3) is 0 Å². The molecule has 0 saturated carbocycles. The van der Waals surface area contributed by atoms with Gasteiger partial charge < -0.3 is 19.7 Å². The van der Waals surface area contributed by atoms with Gasteiger partial charge in [0.2, 0.25) is 0 Å². The number of rotatable bonds is 8. The lowest BCUT2D eigenvalue weighted by molar-refractivity contribution is 0.0121. The van der Waals surface area contributed by atoms with Crippen molar-refractivity contribution in [3.05, 3.63) is 71.4 Å². The van der Waals surface area contributed by atoms with Gasteiger partial charge >= 0.3 is 0 Å². The van der Waals surface area contributed by atoms with Crippen LogP contribution < -0.4 is 10.1 Å². The summed E-state index contributed by atoms with van der Waals surface area (Å²) >= 11 is 1.53. The summed E-state index contributed by atoms with van der Waals surface area (Å²) in [6, 6.07) is 15.8. The Labute approximate surface area is 171 Å². The first kappa shape index (κ1) is 19.6. The molecule has 2 N–H and O–H groups in total. The molecule has 29 heavy (non-hydrogen) atoms. The van der Waals surface area contributed by atoms with Crippen molar-refractivity contribution in [2.75, 3.05) is 13.2 Å². The van der Waals surface area contributed by atoms with E-state index in [1.807, 2.05) is 35.7 Å². The molecule has 4 aromatic rings. The molecule has 4 rings (SSSR count). The number of ether oxygens (including phenoxy) is 1. The van der Waals surface area contributed by atoms with Gasteiger partial charge in [-0.25, -0.2) is 4.39 Å². The van der Waals surface area contributed by atoms with Crippen LogP contribution in [0, 0.1) is 5.82 Å². The molecule has 0 aliphatic heterocycles. The van der Waals surface area contributed by atoms with E-state index in [-0.39, 0.29) is 12.4 Å². The predicted molar refractivity (Wildman–Crippen MR) is 112 cm³/mol. The average Bonchev–Trinajstić information content (AvgIpc) is 3.32. The first-order valence-electron chi connectivity index (χ1n) is 9.24. The quantitative estimate of drug-likeness (QED) is 0.442. The molecule has 5 nitrogen and oxygen atoms in total. The van der Waals surface area contributed by atoms with Crippen LogP contribution in [0.25, 0.3) is 21.5 Å². The van der Waals surface area contributed by atoms with Crippen LogP contribution in [0.3, 0.4) is 0 Å². The third-order valence-electron chi connectivity index (χ3n) is 4.50. The van der Waals surface area contributed by atoms with Crippen molar-refractivity contribution in [2.24, 2.45) is 0 Å². The maximum atomic E-state index is 13.0. The van der Waals surface area contributed by atoms with Crippen LogP contribution in [0.1, 0.15) is 12.5 Å². The van der Waals surface area contributed by atoms with E-state index in [0.717, 1.165) is 21.3 Å². The summed E-state index contributed by atoms with van der Waals surface area (Å²) in [5, 5.41) is 20.8. The summed E-state index contributed by atoms with van der Waals surface area (Å²) in [5.74, 6) is 1.09. The molecule has 0 fully saturated rings. The van der Waals surface area contributed by atoms with Crippen molar-refractivity contribution in [3.8, 4) is 17.1 Å². The second-order valence-corrected chi connectivity index (χ2v) is 8.09. The molecule has 0 unspecified atom stereocenters. The molecule has 2 aromatic heterocycles. The Bertz CT molecular complexity index is 1090. The molecule has 0 radical (unpaired) electrons. The van der Waals surface area contributed by atoms with Crippen LogP contribution in [-0.4, -0.2) is 29.0 Å². The second kappa shape index (κ2) is 8.32. The van der Waals surface area contributed by atoms with Crippen LogP contribution >= 0.6 is 11.3 Å². The predicted octanol–water partition coefficient (Wildman–Crippen LogP) is 4.62. The van der Waals surface area contributed by atoms with E-state index in [2.05, 4.69) is 10.5 Å². The Morgan fingerprint density at radius 3 is 2.86 bits per heavy atom. The molecule has 0 saturated heterocycles. The van der Waals surface area contributed by atoms with Crippen molar-refractivity contribution in [1.29, 1.82) is 0 Å². The van der Waals surface area contributed by atoms with Gasteiger partial charge in [-0.1, -0.05) is 29.4 Å². The van der Waals surface area contributed by atoms with Crippen molar-refractivity contribution in [2.45, 2.75) is 19.1 Å². The van der Waals surface area contributed by atoms with Crippen LogP contribution in [0.4, 0.5) is 4.39 Å². The third kappa shape index (κ3) is 4.82. The third-order valence-corrected chi connectivity index (χ3v) is 5.29. The summed E-state index contributed by atoms with van der Waals surface area (Å²) in [5.41, 5.74) is 0.753. The zero-order valence-electron chi connectivity index (χ0n) is 15.9. The van der Waals surface area contributed by atoms with E-state index in [4.69, 9.17) is 9.26 Å². The Kier molecular flexibility index (Phi) is 5.62. The first-order valence-corrected chi connectivity index (χ1v) is 10.1. The fourth-order valence-electron chi connectivity index (χ4n) is 2.98. The number of hydrogen-bond acceptors (Lipinski definition) is 6. The Balaban J connectivity index is 1.34. The van der Waals surface area contributed by atoms with E-state index in [1.165, 1.54) is 23.5 Å². The molecular weight excluding hydrogens is 391 g/mol. The standard InChI is InChI=1S/C22H21FN2O3S/c1-22(26,13-24-12-15-5-7-17(23)8-6-15)14-27-18-4-2-3-16(11-18)20-19-9-10-29-21(19)25-28-20/h2-11,24,26H,12-14H2,1H3/t22-/m1/s1. The second-order valence-electron chi connectivity index (χ2n) is 7.19. The maximum Gasteiger partial charge on any atom is 0.175 e. The summed E-state index contributed by atoms with van der Waals surface area (Å²) in [4.78, 5) is 0.862. The van der Waals surface area contributed by atoms with Gasteiger partial charge in [-0.05, 0) is 48.2 Å². The Morgan fingerprint density at radius 2 is 2.03 bits per heavy atom. The summed E-state index contributed by atoms with van der Waals surface area (Å²) in [7, 11) is 0. The van der Waals surface area contributed by atoms with Crippen LogP contribution in [0.2, 0.25) is 0 Å². The van der Waals surface area contributed by atoms with Crippen molar-refractivity contribution in [1.82, 2.24) is 10.5 Å². The summed E-state index contributed by atoms with van der Waals surface area (Å²) in [6.45, 7) is 2.70. The molecular formula is C22H21FN2O3S. The highest BCUT2D eigenvalue weighted by molar-refractivity contribution is 7.16. The van der Waals surface area contributed by atoms with E-state index in [1.54, 1.807) is 19.1 Å². The number of nitrogens with one attached hydrogen (secondary N) is 1. The molecule has 0 amide bonds. The van der Waals surface area contributed by atoms with E-state index in [0.29, 0.717) is 24.6 Å². The fraction of sp³-hybridized carbons (Fsp3) is 0.227. The van der Waals surface area contributed by atoms with Gasteiger partial charge in [0.05, 0.1) is 5.39 Å². The van der Waals surface area contributed by atoms with Crippen molar-refractivity contribution < 1.29 is 18.8 Å². The van der Waals surface area contributed by atoms with Crippen LogP contribution in [0.15, 0.2) is 64.5 Å². The van der Waals surface area contributed by atoms with E-state index >= 15 is 0 Å². The topological polar surface area (TPSA) is 67.5 Å². The van der Waals surface area contributed by atoms with Gasteiger partial charge in [-0.2, -0.15) is 0 Å². The highest BCUT2D eigenvalue weighted by Crippen LogP contribution is 2.33. The molecule has 7 heteroatoms. The molecule has 0 aliphatic rings. The van der Waals surface area contributed by atoms with Gasteiger partial charge in [0.15, 0.2) is 10.6 Å². The van der Waals surface area contributed by atoms with Crippen molar-refractivity contribution in [3.63, 3.8) is 0 Å². The van der Waals surface area contributed by atoms with Gasteiger partial charge in [-0.3, -0.25) is 0 Å². The summed E-state index contributed by atoms with van der Waals surface area (Å²) < 4.78 is 24.2. The summed E-state index contributed by atoms with van der Waals surface area (Å²) in [6.07, 6.45) is 0.